The number of aromatic nitrogens is 6. The molecule has 0 aliphatic carbocycles. The maximum atomic E-state index is 14.7. The predicted octanol–water partition coefficient (Wildman–Crippen LogP) is 2.71. The molecule has 0 radical (unpaired) electrons. The lowest BCUT2D eigenvalue weighted by Gasteiger charge is -2.34. The summed E-state index contributed by atoms with van der Waals surface area (Å²) in [4.78, 5) is 16.9. The summed E-state index contributed by atoms with van der Waals surface area (Å²) in [6, 6.07) is 8.31. The van der Waals surface area contributed by atoms with Gasteiger partial charge in [0.1, 0.15) is 36.2 Å². The fourth-order valence-electron chi connectivity index (χ4n) is 3.41. The predicted molar refractivity (Wildman–Crippen MR) is 108 cm³/mol. The maximum Gasteiger partial charge on any atom is 0.350 e. The van der Waals surface area contributed by atoms with E-state index < -0.39 is 29.0 Å². The summed E-state index contributed by atoms with van der Waals surface area (Å²) in [6.07, 6.45) is 3.89. The molecule has 2 heterocycles. The van der Waals surface area contributed by atoms with Crippen molar-refractivity contribution in [2.45, 2.75) is 25.1 Å². The third-order valence-corrected chi connectivity index (χ3v) is 5.38. The Balaban J connectivity index is 1.80. The molecule has 1 N–H and O–H groups in total. The zero-order valence-corrected chi connectivity index (χ0v) is 17.0. The Labute approximate surface area is 180 Å². The standard InChI is InChI=1S/C20H17ClF2N6O2/c1-13(29-19(30)28(12-26-29)16-5-2-14(21)3-6-16)20(31,9-27-11-24-10-25-27)17-7-4-15(22)8-18(17)23/h2-8,10-13,31H,9H2,1H3/t13-,20-/m1/s1. The van der Waals surface area contributed by atoms with Gasteiger partial charge < -0.3 is 5.11 Å². The van der Waals surface area contributed by atoms with Crippen LogP contribution in [-0.2, 0) is 12.1 Å². The fourth-order valence-corrected chi connectivity index (χ4v) is 3.53. The second kappa shape index (κ2) is 8.05. The minimum atomic E-state index is -2.01. The lowest BCUT2D eigenvalue weighted by atomic mass is 9.86. The molecule has 0 spiro atoms. The normalized spacial score (nSPS) is 14.4. The Hall–Kier alpha value is -3.37. The molecule has 4 rings (SSSR count). The van der Waals surface area contributed by atoms with Crippen molar-refractivity contribution in [3.8, 4) is 5.69 Å². The van der Waals surface area contributed by atoms with Crippen LogP contribution in [0.2, 0.25) is 5.02 Å². The van der Waals surface area contributed by atoms with Crippen LogP contribution < -0.4 is 5.69 Å². The quantitative estimate of drug-likeness (QED) is 0.492. The van der Waals surface area contributed by atoms with Crippen molar-refractivity contribution in [2.75, 3.05) is 0 Å². The lowest BCUT2D eigenvalue weighted by Crippen LogP contribution is -2.44. The first-order valence-electron chi connectivity index (χ1n) is 9.22. The molecule has 11 heteroatoms. The highest BCUT2D eigenvalue weighted by atomic mass is 35.5. The Bertz CT molecular complexity index is 1260. The topological polar surface area (TPSA) is 90.8 Å². The van der Waals surface area contributed by atoms with Gasteiger partial charge in [-0.15, -0.1) is 0 Å². The van der Waals surface area contributed by atoms with Gasteiger partial charge in [0.05, 0.1) is 18.3 Å². The Morgan fingerprint density at radius 3 is 2.52 bits per heavy atom. The number of nitrogens with zero attached hydrogens (tertiary/aromatic N) is 6. The molecule has 0 unspecified atom stereocenters. The third kappa shape index (κ3) is 3.87. The van der Waals surface area contributed by atoms with E-state index >= 15 is 0 Å². The van der Waals surface area contributed by atoms with Crippen molar-refractivity contribution in [2.24, 2.45) is 0 Å². The first-order valence-corrected chi connectivity index (χ1v) is 9.60. The van der Waals surface area contributed by atoms with Crippen molar-refractivity contribution < 1.29 is 13.9 Å². The van der Waals surface area contributed by atoms with Gasteiger partial charge in [0.15, 0.2) is 0 Å². The minimum Gasteiger partial charge on any atom is -0.381 e. The van der Waals surface area contributed by atoms with Gasteiger partial charge in [0.2, 0.25) is 0 Å². The van der Waals surface area contributed by atoms with Crippen LogP contribution in [0.25, 0.3) is 5.69 Å². The molecule has 0 aliphatic rings. The highest BCUT2D eigenvalue weighted by Gasteiger charge is 2.41. The zero-order valence-electron chi connectivity index (χ0n) is 16.2. The molecular weight excluding hydrogens is 430 g/mol. The molecule has 31 heavy (non-hydrogen) atoms. The van der Waals surface area contributed by atoms with E-state index in [1.807, 2.05) is 0 Å². The number of hydrogen-bond donors (Lipinski definition) is 1. The van der Waals surface area contributed by atoms with E-state index in [9.17, 15) is 18.7 Å². The zero-order chi connectivity index (χ0) is 22.2. The molecule has 0 amide bonds. The number of hydrogen-bond acceptors (Lipinski definition) is 5. The summed E-state index contributed by atoms with van der Waals surface area (Å²) in [5, 5.41) is 20.2. The molecule has 0 saturated carbocycles. The smallest absolute Gasteiger partial charge is 0.350 e. The highest BCUT2D eigenvalue weighted by molar-refractivity contribution is 6.30. The molecular formula is C20H17ClF2N6O2. The van der Waals surface area contributed by atoms with Crippen molar-refractivity contribution in [3.05, 3.63) is 94.2 Å². The molecule has 0 bridgehead atoms. The molecule has 2 aromatic carbocycles. The number of halogens is 3. The van der Waals surface area contributed by atoms with Gasteiger partial charge >= 0.3 is 5.69 Å². The van der Waals surface area contributed by atoms with Gasteiger partial charge in [-0.3, -0.25) is 0 Å². The van der Waals surface area contributed by atoms with E-state index in [0.29, 0.717) is 16.8 Å². The first kappa shape index (κ1) is 20.9. The summed E-state index contributed by atoms with van der Waals surface area (Å²) < 4.78 is 31.8. The van der Waals surface area contributed by atoms with E-state index in [1.54, 1.807) is 24.3 Å². The van der Waals surface area contributed by atoms with Crippen molar-refractivity contribution in [3.63, 3.8) is 0 Å². The van der Waals surface area contributed by atoms with Crippen molar-refractivity contribution in [1.82, 2.24) is 29.1 Å². The van der Waals surface area contributed by atoms with Crippen LogP contribution in [0.15, 0.2) is 66.2 Å². The second-order valence-electron chi connectivity index (χ2n) is 7.02. The Kier molecular flexibility index (Phi) is 5.42. The van der Waals surface area contributed by atoms with Gasteiger partial charge in [0.25, 0.3) is 0 Å². The van der Waals surface area contributed by atoms with Crippen LogP contribution in [0.5, 0.6) is 0 Å². The Morgan fingerprint density at radius 1 is 1.13 bits per heavy atom. The molecule has 2 aromatic heterocycles. The van der Waals surface area contributed by atoms with Crippen LogP contribution in [-0.4, -0.2) is 34.2 Å². The average molecular weight is 447 g/mol. The summed E-state index contributed by atoms with van der Waals surface area (Å²) in [6.45, 7) is 1.26. The monoisotopic (exact) mass is 446 g/mol. The van der Waals surface area contributed by atoms with Gasteiger partial charge in [-0.25, -0.2) is 32.5 Å². The van der Waals surface area contributed by atoms with Gasteiger partial charge in [-0.2, -0.15) is 10.2 Å². The molecule has 0 saturated heterocycles. The SMILES string of the molecule is C[C@@H](n1ncn(-c2ccc(Cl)cc2)c1=O)[C@](O)(Cn1cncn1)c1ccc(F)cc1F. The Morgan fingerprint density at radius 2 is 1.87 bits per heavy atom. The average Bonchev–Trinajstić information content (AvgIpc) is 3.37. The van der Waals surface area contributed by atoms with Gasteiger partial charge in [0, 0.05) is 16.7 Å². The van der Waals surface area contributed by atoms with E-state index in [1.165, 1.54) is 35.2 Å². The van der Waals surface area contributed by atoms with E-state index in [2.05, 4.69) is 15.2 Å². The number of benzene rings is 2. The van der Waals surface area contributed by atoms with Crippen LogP contribution >= 0.6 is 11.6 Å². The van der Waals surface area contributed by atoms with Crippen LogP contribution in [0.1, 0.15) is 18.5 Å². The van der Waals surface area contributed by atoms with Crippen molar-refractivity contribution in [1.29, 1.82) is 0 Å². The molecule has 2 atom stereocenters. The number of aliphatic hydroxyl groups is 1. The van der Waals surface area contributed by atoms with Crippen LogP contribution in [0.3, 0.4) is 0 Å². The summed E-state index contributed by atoms with van der Waals surface area (Å²) in [7, 11) is 0. The first-order chi connectivity index (χ1) is 14.8. The number of rotatable bonds is 6. The molecule has 0 fully saturated rings. The molecule has 4 aromatic rings. The van der Waals surface area contributed by atoms with E-state index in [4.69, 9.17) is 11.6 Å². The van der Waals surface area contributed by atoms with Crippen LogP contribution in [0.4, 0.5) is 8.78 Å². The van der Waals surface area contributed by atoms with Crippen LogP contribution in [0, 0.1) is 11.6 Å². The minimum absolute atomic E-state index is 0.204. The van der Waals surface area contributed by atoms with Gasteiger partial charge in [-0.1, -0.05) is 17.7 Å². The summed E-state index contributed by atoms with van der Waals surface area (Å²) >= 11 is 5.90. The summed E-state index contributed by atoms with van der Waals surface area (Å²) in [5.41, 5.74) is -2.26. The van der Waals surface area contributed by atoms with E-state index in [0.717, 1.165) is 16.8 Å². The highest BCUT2D eigenvalue weighted by Crippen LogP contribution is 2.35. The second-order valence-corrected chi connectivity index (χ2v) is 7.46. The third-order valence-electron chi connectivity index (χ3n) is 5.12. The van der Waals surface area contributed by atoms with E-state index in [-0.39, 0.29) is 12.1 Å². The lowest BCUT2D eigenvalue weighted by molar-refractivity contribution is -0.0381. The largest absolute Gasteiger partial charge is 0.381 e. The molecule has 160 valence electrons. The fraction of sp³-hybridized carbons (Fsp3) is 0.200. The van der Waals surface area contributed by atoms with Crippen molar-refractivity contribution >= 4 is 11.6 Å². The molecule has 8 nitrogen and oxygen atoms in total. The summed E-state index contributed by atoms with van der Waals surface area (Å²) in [5.74, 6) is -1.75. The molecule has 0 aliphatic heterocycles. The van der Waals surface area contributed by atoms with Gasteiger partial charge in [-0.05, 0) is 37.3 Å². The maximum absolute atomic E-state index is 14.7.